The molecule has 3 nitrogen and oxygen atoms in total. The third kappa shape index (κ3) is 4.74. The molecule has 1 aromatic heterocycles. The van der Waals surface area contributed by atoms with Gasteiger partial charge in [-0.25, -0.2) is 0 Å². The highest BCUT2D eigenvalue weighted by Gasteiger charge is 2.41. The highest BCUT2D eigenvalue weighted by Crippen LogP contribution is 2.33. The van der Waals surface area contributed by atoms with Gasteiger partial charge in [-0.05, 0) is 38.4 Å². The Hall–Kier alpha value is -1.01. The van der Waals surface area contributed by atoms with E-state index in [1.165, 1.54) is 0 Å². The second-order valence-corrected chi connectivity index (χ2v) is 5.66. The van der Waals surface area contributed by atoms with E-state index in [0.29, 0.717) is 26.1 Å². The minimum atomic E-state index is -4.09. The van der Waals surface area contributed by atoms with Crippen LogP contribution in [0.5, 0.6) is 0 Å². The van der Waals surface area contributed by atoms with Crippen molar-refractivity contribution in [3.05, 3.63) is 23.7 Å². The van der Waals surface area contributed by atoms with Crippen LogP contribution in [0.15, 0.2) is 16.7 Å². The Labute approximate surface area is 123 Å². The zero-order valence-corrected chi connectivity index (χ0v) is 12.4. The van der Waals surface area contributed by atoms with Gasteiger partial charge in [0.15, 0.2) is 0 Å². The summed E-state index contributed by atoms with van der Waals surface area (Å²) in [6.07, 6.45) is -0.596. The SMILES string of the molecule is CCCNCc1ccoc1CN1CCCC(C(F)(F)F)C1. The Morgan fingerprint density at radius 1 is 1.43 bits per heavy atom. The molecule has 1 N–H and O–H groups in total. The van der Waals surface area contributed by atoms with E-state index < -0.39 is 12.1 Å². The maximum absolute atomic E-state index is 12.8. The fourth-order valence-electron chi connectivity index (χ4n) is 2.73. The fourth-order valence-corrected chi connectivity index (χ4v) is 2.73. The molecule has 0 bridgehead atoms. The molecule has 0 radical (unpaired) electrons. The Kier molecular flexibility index (Phi) is 5.70. The first-order chi connectivity index (χ1) is 10.0. The van der Waals surface area contributed by atoms with Gasteiger partial charge in [0.1, 0.15) is 5.76 Å². The van der Waals surface area contributed by atoms with Crippen molar-refractivity contribution >= 4 is 0 Å². The van der Waals surface area contributed by atoms with Crippen LogP contribution in [-0.2, 0) is 13.1 Å². The van der Waals surface area contributed by atoms with Gasteiger partial charge >= 0.3 is 6.18 Å². The van der Waals surface area contributed by atoms with E-state index in [1.54, 1.807) is 6.26 Å². The molecule has 6 heteroatoms. The van der Waals surface area contributed by atoms with Crippen LogP contribution in [0.1, 0.15) is 37.5 Å². The van der Waals surface area contributed by atoms with Crippen LogP contribution in [0.3, 0.4) is 0 Å². The number of hydrogen-bond acceptors (Lipinski definition) is 3. The van der Waals surface area contributed by atoms with Crippen molar-refractivity contribution in [2.75, 3.05) is 19.6 Å². The third-order valence-electron chi connectivity index (χ3n) is 3.92. The summed E-state index contributed by atoms with van der Waals surface area (Å²) >= 11 is 0. The van der Waals surface area contributed by atoms with Crippen molar-refractivity contribution in [2.24, 2.45) is 5.92 Å². The van der Waals surface area contributed by atoms with Crippen molar-refractivity contribution in [3.63, 3.8) is 0 Å². The molecule has 1 aliphatic rings. The van der Waals surface area contributed by atoms with E-state index in [4.69, 9.17) is 4.42 Å². The largest absolute Gasteiger partial charge is 0.468 e. The molecule has 1 unspecified atom stereocenters. The van der Waals surface area contributed by atoms with Gasteiger partial charge in [0.25, 0.3) is 0 Å². The van der Waals surface area contributed by atoms with Gasteiger partial charge in [0, 0.05) is 18.7 Å². The predicted molar refractivity (Wildman–Crippen MR) is 74.8 cm³/mol. The third-order valence-corrected chi connectivity index (χ3v) is 3.92. The number of nitrogens with one attached hydrogen (secondary N) is 1. The lowest BCUT2D eigenvalue weighted by atomic mass is 9.97. The van der Waals surface area contributed by atoms with Crippen LogP contribution >= 0.6 is 0 Å². The Morgan fingerprint density at radius 2 is 2.24 bits per heavy atom. The van der Waals surface area contributed by atoms with Gasteiger partial charge < -0.3 is 9.73 Å². The lowest BCUT2D eigenvalue weighted by molar-refractivity contribution is -0.187. The Bertz CT molecular complexity index is 431. The molecule has 1 atom stereocenters. The summed E-state index contributed by atoms with van der Waals surface area (Å²) < 4.78 is 43.9. The zero-order chi connectivity index (χ0) is 15.3. The number of furan rings is 1. The predicted octanol–water partition coefficient (Wildman–Crippen LogP) is 3.55. The molecule has 0 spiro atoms. The molecule has 2 rings (SSSR count). The van der Waals surface area contributed by atoms with Crippen molar-refractivity contribution in [3.8, 4) is 0 Å². The van der Waals surface area contributed by atoms with E-state index in [9.17, 15) is 13.2 Å². The van der Waals surface area contributed by atoms with E-state index in [1.807, 2.05) is 11.0 Å². The smallest absolute Gasteiger partial charge is 0.393 e. The van der Waals surface area contributed by atoms with Crippen molar-refractivity contribution in [1.82, 2.24) is 10.2 Å². The average molecular weight is 304 g/mol. The summed E-state index contributed by atoms with van der Waals surface area (Å²) in [5.41, 5.74) is 1.04. The maximum Gasteiger partial charge on any atom is 0.393 e. The quantitative estimate of drug-likeness (QED) is 0.815. The number of alkyl halides is 3. The molecule has 0 amide bonds. The highest BCUT2D eigenvalue weighted by molar-refractivity contribution is 5.16. The molecule has 21 heavy (non-hydrogen) atoms. The maximum atomic E-state index is 12.8. The van der Waals surface area contributed by atoms with Gasteiger partial charge in [-0.15, -0.1) is 0 Å². The molecule has 1 aliphatic heterocycles. The minimum Gasteiger partial charge on any atom is -0.468 e. The number of rotatable bonds is 6. The first-order valence-electron chi connectivity index (χ1n) is 7.55. The molecule has 1 aromatic rings. The summed E-state index contributed by atoms with van der Waals surface area (Å²) in [7, 11) is 0. The molecular weight excluding hydrogens is 281 g/mol. The van der Waals surface area contributed by atoms with Crippen LogP contribution < -0.4 is 5.32 Å². The number of hydrogen-bond donors (Lipinski definition) is 1. The van der Waals surface area contributed by atoms with Crippen LogP contribution in [-0.4, -0.2) is 30.7 Å². The van der Waals surface area contributed by atoms with Gasteiger partial charge in [0.05, 0.1) is 18.7 Å². The van der Waals surface area contributed by atoms with Gasteiger partial charge in [-0.1, -0.05) is 6.92 Å². The van der Waals surface area contributed by atoms with Crippen LogP contribution in [0, 0.1) is 5.92 Å². The van der Waals surface area contributed by atoms with Gasteiger partial charge in [0.2, 0.25) is 0 Å². The standard InChI is InChI=1S/C15H23F3N2O/c1-2-6-19-9-12-5-8-21-14(12)11-20-7-3-4-13(10-20)15(16,17)18/h5,8,13,19H,2-4,6-7,9-11H2,1H3. The molecule has 1 saturated heterocycles. The van der Waals surface area contributed by atoms with E-state index in [0.717, 1.165) is 24.3 Å². The summed E-state index contributed by atoms with van der Waals surface area (Å²) in [5.74, 6) is -0.427. The van der Waals surface area contributed by atoms with Crippen molar-refractivity contribution in [1.29, 1.82) is 0 Å². The average Bonchev–Trinajstić information content (AvgIpc) is 2.86. The molecule has 0 aliphatic carbocycles. The molecular formula is C15H23F3N2O. The Balaban J connectivity index is 1.91. The zero-order valence-electron chi connectivity index (χ0n) is 12.4. The second-order valence-electron chi connectivity index (χ2n) is 5.66. The number of nitrogens with zero attached hydrogens (tertiary/aromatic N) is 1. The monoisotopic (exact) mass is 304 g/mol. The van der Waals surface area contributed by atoms with Gasteiger partial charge in [-0.3, -0.25) is 4.90 Å². The number of halogens is 3. The number of piperidine rings is 1. The van der Waals surface area contributed by atoms with Gasteiger partial charge in [-0.2, -0.15) is 13.2 Å². The molecule has 120 valence electrons. The topological polar surface area (TPSA) is 28.4 Å². The second kappa shape index (κ2) is 7.31. The fraction of sp³-hybridized carbons (Fsp3) is 0.733. The summed E-state index contributed by atoms with van der Waals surface area (Å²) in [5, 5.41) is 3.29. The van der Waals surface area contributed by atoms with E-state index >= 15 is 0 Å². The first-order valence-corrected chi connectivity index (χ1v) is 7.55. The number of likely N-dealkylation sites (tertiary alicyclic amines) is 1. The molecule has 0 aromatic carbocycles. The first kappa shape index (κ1) is 16.4. The molecule has 0 saturated carbocycles. The van der Waals surface area contributed by atoms with E-state index in [-0.39, 0.29) is 13.0 Å². The van der Waals surface area contributed by atoms with Crippen LogP contribution in [0.4, 0.5) is 13.2 Å². The summed E-state index contributed by atoms with van der Waals surface area (Å²) in [4.78, 5) is 1.85. The molecule has 2 heterocycles. The van der Waals surface area contributed by atoms with Crippen LogP contribution in [0.25, 0.3) is 0 Å². The minimum absolute atomic E-state index is 0.0754. The molecule has 1 fully saturated rings. The van der Waals surface area contributed by atoms with Crippen molar-refractivity contribution < 1.29 is 17.6 Å². The van der Waals surface area contributed by atoms with Crippen LogP contribution in [0.2, 0.25) is 0 Å². The van der Waals surface area contributed by atoms with E-state index in [2.05, 4.69) is 12.2 Å². The van der Waals surface area contributed by atoms with Crippen molar-refractivity contribution in [2.45, 2.75) is 45.5 Å². The normalized spacial score (nSPS) is 20.9. The summed E-state index contributed by atoms with van der Waals surface area (Å²) in [6, 6.07) is 1.89. The lowest BCUT2D eigenvalue weighted by Crippen LogP contribution is -2.41. The lowest BCUT2D eigenvalue weighted by Gasteiger charge is -2.33. The highest BCUT2D eigenvalue weighted by atomic mass is 19.4. The summed E-state index contributed by atoms with van der Waals surface area (Å²) in [6.45, 7) is 4.96. The Morgan fingerprint density at radius 3 is 2.95 bits per heavy atom.